The van der Waals surface area contributed by atoms with Crippen LogP contribution in [0.3, 0.4) is 0 Å². The van der Waals surface area contributed by atoms with Gasteiger partial charge in [0.2, 0.25) is 0 Å². The highest BCUT2D eigenvalue weighted by Crippen LogP contribution is 2.31. The molecule has 0 aromatic carbocycles. The first-order valence-electron chi connectivity index (χ1n) is 8.18. The van der Waals surface area contributed by atoms with Crippen LogP contribution < -0.4 is 0 Å². The van der Waals surface area contributed by atoms with Crippen molar-refractivity contribution in [1.82, 2.24) is 4.90 Å². The quantitative estimate of drug-likeness (QED) is 0.449. The molecule has 132 valence electrons. The molecule has 2 aliphatic heterocycles. The number of carbonyl (C=O) groups is 2. The number of esters is 2. The molecule has 0 aromatic rings. The van der Waals surface area contributed by atoms with E-state index in [1.54, 1.807) is 6.92 Å². The van der Waals surface area contributed by atoms with Crippen LogP contribution in [-0.2, 0) is 19.1 Å². The highest BCUT2D eigenvalue weighted by molar-refractivity contribution is 5.88. The largest absolute Gasteiger partial charge is 0.458 e. The Hall–Kier alpha value is -1.92. The molecule has 0 unspecified atom stereocenters. The molecule has 1 saturated heterocycles. The molecule has 0 aromatic heterocycles. The minimum absolute atomic E-state index is 0.0319. The van der Waals surface area contributed by atoms with Crippen molar-refractivity contribution >= 4 is 11.9 Å². The topological polar surface area (TPSA) is 76.1 Å². The third-order valence-corrected chi connectivity index (χ3v) is 4.24. The fraction of sp³-hybridized carbons (Fsp3) is 0.556. The van der Waals surface area contributed by atoms with Crippen LogP contribution >= 0.6 is 0 Å². The van der Waals surface area contributed by atoms with Crippen molar-refractivity contribution in [3.63, 3.8) is 0 Å². The molecule has 6 nitrogen and oxygen atoms in total. The molecular formula is C18H25NO5. The van der Waals surface area contributed by atoms with Gasteiger partial charge in [0.25, 0.3) is 0 Å². The maximum absolute atomic E-state index is 11.9. The lowest BCUT2D eigenvalue weighted by atomic mass is 10.1. The predicted octanol–water partition coefficient (Wildman–Crippen LogP) is 1.36. The van der Waals surface area contributed by atoms with E-state index in [0.717, 1.165) is 30.7 Å². The zero-order valence-corrected chi connectivity index (χ0v) is 14.4. The summed E-state index contributed by atoms with van der Waals surface area (Å²) in [6.07, 6.45) is 5.60. The third kappa shape index (κ3) is 4.33. The number of nitrogens with zero attached hydrogens (tertiary/aromatic N) is 1. The highest BCUT2D eigenvalue weighted by Gasteiger charge is 2.41. The van der Waals surface area contributed by atoms with Crippen molar-refractivity contribution in [1.29, 1.82) is 0 Å². The standard InChI is InChI=1S/C18H25NO5/c1-4-13(10-20)18(22)23-11-14-5-7-19-8-6-15(17(14)19)24-16(21)9-12(2)3/h4-5,9,15,17,20H,6-8,10-11H2,1-3H3/b13-4+/t15-,17-/m1/s1. The number of hydrogen-bond donors (Lipinski definition) is 1. The van der Waals surface area contributed by atoms with Crippen molar-refractivity contribution in [3.05, 3.63) is 34.9 Å². The molecule has 1 N–H and O–H groups in total. The predicted molar refractivity (Wildman–Crippen MR) is 89.2 cm³/mol. The van der Waals surface area contributed by atoms with Gasteiger partial charge in [-0.05, 0) is 32.8 Å². The molecule has 0 amide bonds. The molecule has 2 rings (SSSR count). The van der Waals surface area contributed by atoms with E-state index in [1.807, 2.05) is 19.9 Å². The van der Waals surface area contributed by atoms with Crippen LogP contribution in [0.25, 0.3) is 0 Å². The van der Waals surface area contributed by atoms with Crippen molar-refractivity contribution in [2.45, 2.75) is 39.3 Å². The van der Waals surface area contributed by atoms with Crippen molar-refractivity contribution in [2.24, 2.45) is 0 Å². The second kappa shape index (κ2) is 8.26. The zero-order valence-electron chi connectivity index (χ0n) is 14.4. The van der Waals surface area contributed by atoms with E-state index < -0.39 is 5.97 Å². The summed E-state index contributed by atoms with van der Waals surface area (Å²) in [5, 5.41) is 9.10. The van der Waals surface area contributed by atoms with Crippen molar-refractivity contribution in [2.75, 3.05) is 26.3 Å². The summed E-state index contributed by atoms with van der Waals surface area (Å²) in [7, 11) is 0. The average Bonchev–Trinajstić information content (AvgIpc) is 3.09. The number of hydrogen-bond acceptors (Lipinski definition) is 6. The lowest BCUT2D eigenvalue weighted by Gasteiger charge is -2.23. The fourth-order valence-electron chi connectivity index (χ4n) is 3.06. The van der Waals surface area contributed by atoms with Gasteiger partial charge in [0.15, 0.2) is 0 Å². The Morgan fingerprint density at radius 3 is 2.79 bits per heavy atom. The summed E-state index contributed by atoms with van der Waals surface area (Å²) >= 11 is 0. The molecule has 0 aliphatic carbocycles. The van der Waals surface area contributed by atoms with E-state index in [1.165, 1.54) is 12.2 Å². The fourth-order valence-corrected chi connectivity index (χ4v) is 3.06. The molecule has 2 heterocycles. The Bertz CT molecular complexity index is 586. The summed E-state index contributed by atoms with van der Waals surface area (Å²) in [6, 6.07) is -0.0319. The lowest BCUT2D eigenvalue weighted by Crippen LogP contribution is -2.36. The van der Waals surface area contributed by atoms with Crippen LogP contribution in [-0.4, -0.2) is 60.4 Å². The van der Waals surface area contributed by atoms with Crippen LogP contribution in [0.15, 0.2) is 34.9 Å². The molecule has 24 heavy (non-hydrogen) atoms. The molecule has 0 bridgehead atoms. The first-order valence-corrected chi connectivity index (χ1v) is 8.18. The van der Waals surface area contributed by atoms with Crippen LogP contribution in [0.1, 0.15) is 27.2 Å². The Labute approximate surface area is 142 Å². The number of allylic oxidation sites excluding steroid dienone is 2. The number of rotatable bonds is 6. The molecule has 1 fully saturated rings. The number of aliphatic hydroxyl groups excluding tert-OH is 1. The van der Waals surface area contributed by atoms with Gasteiger partial charge in [-0.2, -0.15) is 0 Å². The van der Waals surface area contributed by atoms with Crippen LogP contribution in [0, 0.1) is 0 Å². The Morgan fingerprint density at radius 2 is 2.17 bits per heavy atom. The van der Waals surface area contributed by atoms with E-state index in [-0.39, 0.29) is 36.9 Å². The van der Waals surface area contributed by atoms with Gasteiger partial charge in [0.05, 0.1) is 18.2 Å². The third-order valence-electron chi connectivity index (χ3n) is 4.24. The highest BCUT2D eigenvalue weighted by atomic mass is 16.5. The van der Waals surface area contributed by atoms with E-state index >= 15 is 0 Å². The molecular weight excluding hydrogens is 310 g/mol. The lowest BCUT2D eigenvalue weighted by molar-refractivity contribution is -0.144. The summed E-state index contributed by atoms with van der Waals surface area (Å²) in [4.78, 5) is 25.9. The van der Waals surface area contributed by atoms with Crippen molar-refractivity contribution < 1.29 is 24.2 Å². The minimum Gasteiger partial charge on any atom is -0.458 e. The van der Waals surface area contributed by atoms with Gasteiger partial charge >= 0.3 is 11.9 Å². The molecule has 2 atom stereocenters. The van der Waals surface area contributed by atoms with E-state index in [0.29, 0.717) is 0 Å². The first-order chi connectivity index (χ1) is 11.5. The Balaban J connectivity index is 1.96. The summed E-state index contributed by atoms with van der Waals surface area (Å²) in [5.41, 5.74) is 2.08. The van der Waals surface area contributed by atoms with E-state index in [9.17, 15) is 9.59 Å². The van der Waals surface area contributed by atoms with Gasteiger partial charge < -0.3 is 14.6 Å². The minimum atomic E-state index is -0.518. The van der Waals surface area contributed by atoms with Gasteiger partial charge in [-0.1, -0.05) is 17.7 Å². The summed E-state index contributed by atoms with van der Waals surface area (Å²) < 4.78 is 10.9. The first kappa shape index (κ1) is 18.4. The van der Waals surface area contributed by atoms with Crippen LogP contribution in [0.5, 0.6) is 0 Å². The second-order valence-electron chi connectivity index (χ2n) is 6.25. The van der Waals surface area contributed by atoms with E-state index in [2.05, 4.69) is 4.90 Å². The van der Waals surface area contributed by atoms with Gasteiger partial charge in [-0.15, -0.1) is 0 Å². The molecule has 0 radical (unpaired) electrons. The number of ether oxygens (including phenoxy) is 2. The number of aliphatic hydroxyl groups is 1. The SMILES string of the molecule is C/C=C(\CO)C(=O)OCC1=CCN2CC[C@@H](OC(=O)C=C(C)C)[C@@H]12. The second-order valence-corrected chi connectivity index (χ2v) is 6.25. The van der Waals surface area contributed by atoms with Gasteiger partial charge in [0.1, 0.15) is 12.7 Å². The Kier molecular flexibility index (Phi) is 6.34. The zero-order chi connectivity index (χ0) is 17.7. The summed E-state index contributed by atoms with van der Waals surface area (Å²) in [5.74, 6) is -0.850. The number of fused-ring (bicyclic) bond motifs is 1. The van der Waals surface area contributed by atoms with Gasteiger partial charge in [-0.25, -0.2) is 9.59 Å². The molecule has 0 spiro atoms. The van der Waals surface area contributed by atoms with Crippen molar-refractivity contribution in [3.8, 4) is 0 Å². The Morgan fingerprint density at radius 1 is 1.42 bits per heavy atom. The van der Waals surface area contributed by atoms with Gasteiger partial charge in [-0.3, -0.25) is 4.90 Å². The maximum atomic E-state index is 11.9. The average molecular weight is 335 g/mol. The monoisotopic (exact) mass is 335 g/mol. The summed E-state index contributed by atoms with van der Waals surface area (Å²) in [6.45, 7) is 6.80. The normalized spacial score (nSPS) is 23.5. The van der Waals surface area contributed by atoms with Gasteiger partial charge in [0, 0.05) is 19.2 Å². The molecule has 6 heteroatoms. The van der Waals surface area contributed by atoms with Crippen LogP contribution in [0.4, 0.5) is 0 Å². The van der Waals surface area contributed by atoms with Crippen LogP contribution in [0.2, 0.25) is 0 Å². The number of carbonyl (C=O) groups excluding carboxylic acids is 2. The smallest absolute Gasteiger partial charge is 0.336 e. The molecule has 0 saturated carbocycles. The maximum Gasteiger partial charge on any atom is 0.336 e. The molecule has 2 aliphatic rings. The van der Waals surface area contributed by atoms with E-state index in [4.69, 9.17) is 14.6 Å².